The number of aliphatic hydroxyl groups is 1. The van der Waals surface area contributed by atoms with Gasteiger partial charge in [-0.3, -0.25) is 0 Å². The average molecular weight is 274 g/mol. The van der Waals surface area contributed by atoms with Crippen LogP contribution >= 0.6 is 22.9 Å². The van der Waals surface area contributed by atoms with Crippen LogP contribution in [0.2, 0.25) is 4.34 Å². The Hall–Kier alpha value is -0.0900. The molecule has 17 heavy (non-hydrogen) atoms. The van der Waals surface area contributed by atoms with Crippen molar-refractivity contribution in [1.82, 2.24) is 5.32 Å². The summed E-state index contributed by atoms with van der Waals surface area (Å²) in [5.41, 5.74) is -0.492. The van der Waals surface area contributed by atoms with Crippen molar-refractivity contribution in [2.75, 3.05) is 6.54 Å². The van der Waals surface area contributed by atoms with E-state index in [1.54, 1.807) is 11.3 Å². The van der Waals surface area contributed by atoms with E-state index in [1.165, 1.54) is 4.88 Å². The van der Waals surface area contributed by atoms with Gasteiger partial charge in [-0.15, -0.1) is 11.3 Å². The van der Waals surface area contributed by atoms with Crippen LogP contribution in [-0.2, 0) is 6.54 Å². The number of hydrogen-bond donors (Lipinski definition) is 2. The molecule has 2 N–H and O–H groups in total. The van der Waals surface area contributed by atoms with Crippen molar-refractivity contribution in [3.05, 3.63) is 21.3 Å². The molecule has 0 radical (unpaired) electrons. The van der Waals surface area contributed by atoms with Gasteiger partial charge < -0.3 is 10.4 Å². The van der Waals surface area contributed by atoms with Gasteiger partial charge in [-0.25, -0.2) is 0 Å². The molecule has 1 fully saturated rings. The lowest BCUT2D eigenvalue weighted by atomic mass is 9.79. The molecule has 4 heteroatoms. The maximum Gasteiger partial charge on any atom is 0.0931 e. The van der Waals surface area contributed by atoms with E-state index in [1.807, 2.05) is 12.1 Å². The fourth-order valence-corrected chi connectivity index (χ4v) is 3.40. The minimum absolute atomic E-state index is 0.492. The molecule has 0 atom stereocenters. The zero-order valence-electron chi connectivity index (χ0n) is 10.2. The molecule has 0 spiro atoms. The molecule has 2 rings (SSSR count). The van der Waals surface area contributed by atoms with Crippen LogP contribution in [0.25, 0.3) is 0 Å². The number of nitrogens with one attached hydrogen (secondary N) is 1. The van der Waals surface area contributed by atoms with Crippen molar-refractivity contribution in [2.45, 2.75) is 44.8 Å². The van der Waals surface area contributed by atoms with Gasteiger partial charge in [0.2, 0.25) is 0 Å². The molecule has 1 aliphatic carbocycles. The second-order valence-corrected chi connectivity index (χ2v) is 7.02. The molecule has 0 aromatic carbocycles. The normalized spacial score (nSPS) is 29.5. The number of hydrogen-bond acceptors (Lipinski definition) is 3. The molecule has 0 amide bonds. The highest BCUT2D eigenvalue weighted by Crippen LogP contribution is 2.31. The molecular formula is C13H20ClNOS. The summed E-state index contributed by atoms with van der Waals surface area (Å²) >= 11 is 7.47. The second kappa shape index (κ2) is 5.70. The zero-order valence-corrected chi connectivity index (χ0v) is 11.8. The Labute approximate surface area is 112 Å². The van der Waals surface area contributed by atoms with E-state index in [0.29, 0.717) is 6.54 Å². The first-order valence-corrected chi connectivity index (χ1v) is 7.44. The highest BCUT2D eigenvalue weighted by Gasteiger charge is 2.31. The molecule has 0 unspecified atom stereocenters. The molecule has 0 aliphatic heterocycles. The van der Waals surface area contributed by atoms with E-state index < -0.39 is 5.60 Å². The zero-order chi connectivity index (χ0) is 12.3. The Kier molecular flexibility index (Phi) is 4.47. The summed E-state index contributed by atoms with van der Waals surface area (Å²) < 4.78 is 0.826. The molecule has 0 saturated heterocycles. The Bertz CT molecular complexity index is 358. The summed E-state index contributed by atoms with van der Waals surface area (Å²) in [4.78, 5) is 1.22. The van der Waals surface area contributed by atoms with Crippen molar-refractivity contribution in [2.24, 2.45) is 5.92 Å². The van der Waals surface area contributed by atoms with Crippen LogP contribution < -0.4 is 5.32 Å². The summed E-state index contributed by atoms with van der Waals surface area (Å²) in [6.07, 6.45) is 4.13. The third-order valence-electron chi connectivity index (χ3n) is 3.59. The van der Waals surface area contributed by atoms with E-state index in [9.17, 15) is 5.11 Å². The second-order valence-electron chi connectivity index (χ2n) is 5.22. The lowest BCUT2D eigenvalue weighted by molar-refractivity contribution is -0.00625. The van der Waals surface area contributed by atoms with Crippen LogP contribution in [0.5, 0.6) is 0 Å². The third kappa shape index (κ3) is 3.95. The molecule has 0 bridgehead atoms. The highest BCUT2D eigenvalue weighted by molar-refractivity contribution is 7.16. The van der Waals surface area contributed by atoms with Crippen LogP contribution in [0.15, 0.2) is 12.1 Å². The van der Waals surface area contributed by atoms with Crippen LogP contribution in [0.1, 0.15) is 37.5 Å². The van der Waals surface area contributed by atoms with Crippen molar-refractivity contribution < 1.29 is 5.11 Å². The van der Waals surface area contributed by atoms with Gasteiger partial charge in [0.15, 0.2) is 0 Å². The smallest absolute Gasteiger partial charge is 0.0931 e. The first-order chi connectivity index (χ1) is 8.07. The maximum atomic E-state index is 10.4. The largest absolute Gasteiger partial charge is 0.389 e. The minimum Gasteiger partial charge on any atom is -0.389 e. The molecule has 96 valence electrons. The molecule has 1 aliphatic rings. The summed E-state index contributed by atoms with van der Waals surface area (Å²) in [7, 11) is 0. The summed E-state index contributed by atoms with van der Waals surface area (Å²) in [5, 5.41) is 13.7. The molecule has 2 nitrogen and oxygen atoms in total. The number of thiophene rings is 1. The van der Waals surface area contributed by atoms with Gasteiger partial charge in [0, 0.05) is 18.0 Å². The van der Waals surface area contributed by atoms with Gasteiger partial charge in [0.1, 0.15) is 0 Å². The van der Waals surface area contributed by atoms with Gasteiger partial charge in [0.05, 0.1) is 9.94 Å². The fraction of sp³-hybridized carbons (Fsp3) is 0.692. The monoisotopic (exact) mass is 273 g/mol. The van der Waals surface area contributed by atoms with Crippen LogP contribution in [0.4, 0.5) is 0 Å². The number of rotatable bonds is 4. The van der Waals surface area contributed by atoms with Gasteiger partial charge in [-0.05, 0) is 43.7 Å². The Morgan fingerprint density at radius 2 is 2.18 bits per heavy atom. The lowest BCUT2D eigenvalue weighted by Crippen LogP contribution is -2.43. The predicted octanol–water partition coefficient (Wildman–Crippen LogP) is 3.43. The van der Waals surface area contributed by atoms with E-state index in [-0.39, 0.29) is 0 Å². The van der Waals surface area contributed by atoms with E-state index in [2.05, 4.69) is 12.2 Å². The first kappa shape index (κ1) is 13.3. The van der Waals surface area contributed by atoms with Gasteiger partial charge in [-0.2, -0.15) is 0 Å². The quantitative estimate of drug-likeness (QED) is 0.881. The molecule has 1 heterocycles. The number of halogens is 1. The van der Waals surface area contributed by atoms with Crippen molar-refractivity contribution in [3.63, 3.8) is 0 Å². The van der Waals surface area contributed by atoms with Crippen LogP contribution in [0, 0.1) is 5.92 Å². The maximum absolute atomic E-state index is 10.4. The van der Waals surface area contributed by atoms with Crippen LogP contribution in [0.3, 0.4) is 0 Å². The molecule has 1 saturated carbocycles. The van der Waals surface area contributed by atoms with Gasteiger partial charge in [-0.1, -0.05) is 18.5 Å². The highest BCUT2D eigenvalue weighted by atomic mass is 35.5. The van der Waals surface area contributed by atoms with Gasteiger partial charge in [0.25, 0.3) is 0 Å². The van der Waals surface area contributed by atoms with Gasteiger partial charge >= 0.3 is 0 Å². The molecule has 1 aromatic rings. The van der Waals surface area contributed by atoms with Crippen molar-refractivity contribution in [1.29, 1.82) is 0 Å². The molecule has 1 aromatic heterocycles. The van der Waals surface area contributed by atoms with E-state index in [4.69, 9.17) is 11.6 Å². The minimum atomic E-state index is -0.492. The third-order valence-corrected chi connectivity index (χ3v) is 4.82. The van der Waals surface area contributed by atoms with E-state index in [0.717, 1.165) is 42.5 Å². The molecular weight excluding hydrogens is 254 g/mol. The Morgan fingerprint density at radius 3 is 2.76 bits per heavy atom. The fourth-order valence-electron chi connectivity index (χ4n) is 2.34. The lowest BCUT2D eigenvalue weighted by Gasteiger charge is -2.35. The van der Waals surface area contributed by atoms with Crippen molar-refractivity contribution in [3.8, 4) is 0 Å². The van der Waals surface area contributed by atoms with E-state index >= 15 is 0 Å². The summed E-state index contributed by atoms with van der Waals surface area (Å²) in [5.74, 6) is 0.770. The predicted molar refractivity (Wildman–Crippen MR) is 73.6 cm³/mol. The Morgan fingerprint density at radius 1 is 1.47 bits per heavy atom. The Balaban J connectivity index is 1.74. The summed E-state index contributed by atoms with van der Waals surface area (Å²) in [6.45, 7) is 3.76. The SMILES string of the molecule is CC1CCC(O)(CNCc2ccc(Cl)s2)CC1. The van der Waals surface area contributed by atoms with Crippen LogP contribution in [-0.4, -0.2) is 17.3 Å². The summed E-state index contributed by atoms with van der Waals surface area (Å²) in [6, 6.07) is 3.95. The topological polar surface area (TPSA) is 32.3 Å². The average Bonchev–Trinajstić information content (AvgIpc) is 2.69. The van der Waals surface area contributed by atoms with Crippen molar-refractivity contribution >= 4 is 22.9 Å². The first-order valence-electron chi connectivity index (χ1n) is 6.25. The standard InChI is InChI=1S/C13H20ClNOS/c1-10-4-6-13(16,7-5-10)9-15-8-11-2-3-12(14)17-11/h2-3,10,15-16H,4-9H2,1H3.